The van der Waals surface area contributed by atoms with Crippen LogP contribution in [0.3, 0.4) is 0 Å². The summed E-state index contributed by atoms with van der Waals surface area (Å²) in [5.74, 6) is 0.726. The summed E-state index contributed by atoms with van der Waals surface area (Å²) in [4.78, 5) is 0. The van der Waals surface area contributed by atoms with Crippen LogP contribution in [0.25, 0.3) is 0 Å². The molecule has 0 saturated heterocycles. The van der Waals surface area contributed by atoms with E-state index in [0.29, 0.717) is 6.10 Å². The number of hydrogen-bond donors (Lipinski definition) is 1. The van der Waals surface area contributed by atoms with Gasteiger partial charge in [-0.1, -0.05) is 40.0 Å². The lowest BCUT2D eigenvalue weighted by Crippen LogP contribution is -2.47. The smallest absolute Gasteiger partial charge is 0.0809 e. The monoisotopic (exact) mass is 255 g/mol. The van der Waals surface area contributed by atoms with Gasteiger partial charge in [0.2, 0.25) is 0 Å². The second kappa shape index (κ2) is 8.16. The zero-order chi connectivity index (χ0) is 13.4. The van der Waals surface area contributed by atoms with E-state index in [1.54, 1.807) is 0 Å². The molecule has 0 aromatic heterocycles. The van der Waals surface area contributed by atoms with Crippen LogP contribution in [-0.4, -0.2) is 24.8 Å². The van der Waals surface area contributed by atoms with Crippen molar-refractivity contribution >= 4 is 0 Å². The molecule has 0 aliphatic heterocycles. The lowest BCUT2D eigenvalue weighted by Gasteiger charge is -2.40. The van der Waals surface area contributed by atoms with E-state index in [1.165, 1.54) is 44.9 Å². The summed E-state index contributed by atoms with van der Waals surface area (Å²) in [6.07, 6.45) is 9.32. The highest BCUT2D eigenvalue weighted by Crippen LogP contribution is 2.33. The van der Waals surface area contributed by atoms with Gasteiger partial charge in [-0.3, -0.25) is 0 Å². The molecule has 1 saturated carbocycles. The second-order valence-corrected chi connectivity index (χ2v) is 6.48. The largest absolute Gasteiger partial charge is 0.371 e. The molecule has 0 aromatic carbocycles. The molecule has 1 aliphatic rings. The topological polar surface area (TPSA) is 21.3 Å². The molecule has 0 bridgehead atoms. The standard InChI is InChI=1S/C16H33NO/c1-5-11-17-13-16(9-7-6-8-10-16)18-15(4)12-14(2)3/h14-15,17H,5-13H2,1-4H3. The Kier molecular flexibility index (Phi) is 7.25. The maximum absolute atomic E-state index is 6.47. The lowest BCUT2D eigenvalue weighted by atomic mass is 9.84. The van der Waals surface area contributed by atoms with Gasteiger partial charge in [0.15, 0.2) is 0 Å². The Morgan fingerprint density at radius 1 is 1.11 bits per heavy atom. The molecule has 0 spiro atoms. The van der Waals surface area contributed by atoms with Crippen molar-refractivity contribution in [3.8, 4) is 0 Å². The van der Waals surface area contributed by atoms with Crippen LogP contribution in [0.5, 0.6) is 0 Å². The van der Waals surface area contributed by atoms with Gasteiger partial charge in [-0.25, -0.2) is 0 Å². The van der Waals surface area contributed by atoms with Crippen molar-refractivity contribution in [3.63, 3.8) is 0 Å². The first-order chi connectivity index (χ1) is 8.58. The molecular formula is C16H33NO. The van der Waals surface area contributed by atoms with Crippen LogP contribution in [0.15, 0.2) is 0 Å². The maximum Gasteiger partial charge on any atom is 0.0809 e. The Labute approximate surface area is 114 Å². The van der Waals surface area contributed by atoms with Crippen molar-refractivity contribution < 1.29 is 4.74 Å². The van der Waals surface area contributed by atoms with Crippen LogP contribution < -0.4 is 5.32 Å². The molecule has 1 rings (SSSR count). The van der Waals surface area contributed by atoms with E-state index in [1.807, 2.05) is 0 Å². The third kappa shape index (κ3) is 5.71. The summed E-state index contributed by atoms with van der Waals surface area (Å²) in [5.41, 5.74) is 0.127. The van der Waals surface area contributed by atoms with E-state index in [0.717, 1.165) is 19.0 Å². The summed E-state index contributed by atoms with van der Waals surface area (Å²) in [6, 6.07) is 0. The van der Waals surface area contributed by atoms with Crippen LogP contribution >= 0.6 is 0 Å². The predicted octanol–water partition coefficient (Wildman–Crippen LogP) is 4.14. The van der Waals surface area contributed by atoms with E-state index in [2.05, 4.69) is 33.0 Å². The fraction of sp³-hybridized carbons (Fsp3) is 1.00. The van der Waals surface area contributed by atoms with Gasteiger partial charge in [0.1, 0.15) is 0 Å². The summed E-state index contributed by atoms with van der Waals surface area (Å²) in [5, 5.41) is 3.58. The third-order valence-electron chi connectivity index (χ3n) is 3.89. The van der Waals surface area contributed by atoms with E-state index in [-0.39, 0.29) is 5.60 Å². The Morgan fingerprint density at radius 2 is 1.78 bits per heavy atom. The Morgan fingerprint density at radius 3 is 2.33 bits per heavy atom. The quantitative estimate of drug-likeness (QED) is 0.658. The van der Waals surface area contributed by atoms with Crippen molar-refractivity contribution in [1.82, 2.24) is 5.32 Å². The predicted molar refractivity (Wildman–Crippen MR) is 79.0 cm³/mol. The van der Waals surface area contributed by atoms with Gasteiger partial charge in [-0.2, -0.15) is 0 Å². The third-order valence-corrected chi connectivity index (χ3v) is 3.89. The minimum atomic E-state index is 0.127. The number of ether oxygens (including phenoxy) is 1. The van der Waals surface area contributed by atoms with Crippen LogP contribution in [-0.2, 0) is 4.74 Å². The first-order valence-corrected chi connectivity index (χ1v) is 7.96. The number of rotatable bonds is 8. The average Bonchev–Trinajstić information content (AvgIpc) is 2.29. The van der Waals surface area contributed by atoms with E-state index in [9.17, 15) is 0 Å². The van der Waals surface area contributed by atoms with Crippen molar-refractivity contribution in [2.75, 3.05) is 13.1 Å². The van der Waals surface area contributed by atoms with Gasteiger partial charge in [-0.05, 0) is 45.1 Å². The molecule has 1 aliphatic carbocycles. The average molecular weight is 255 g/mol. The van der Waals surface area contributed by atoms with Crippen molar-refractivity contribution in [1.29, 1.82) is 0 Å². The highest BCUT2D eigenvalue weighted by molar-refractivity contribution is 4.87. The summed E-state index contributed by atoms with van der Waals surface area (Å²) < 4.78 is 6.47. The van der Waals surface area contributed by atoms with Gasteiger partial charge in [0.25, 0.3) is 0 Å². The molecule has 108 valence electrons. The molecule has 1 atom stereocenters. The number of nitrogens with one attached hydrogen (secondary N) is 1. The summed E-state index contributed by atoms with van der Waals surface area (Å²) >= 11 is 0. The molecule has 1 fully saturated rings. The molecular weight excluding hydrogens is 222 g/mol. The normalized spacial score (nSPS) is 21.2. The molecule has 2 heteroatoms. The first-order valence-electron chi connectivity index (χ1n) is 7.96. The van der Waals surface area contributed by atoms with Crippen molar-refractivity contribution in [2.45, 2.75) is 84.3 Å². The molecule has 0 heterocycles. The van der Waals surface area contributed by atoms with Crippen LogP contribution in [0.4, 0.5) is 0 Å². The SMILES string of the molecule is CCCNCC1(OC(C)CC(C)C)CCCCC1. The second-order valence-electron chi connectivity index (χ2n) is 6.48. The Hall–Kier alpha value is -0.0800. The van der Waals surface area contributed by atoms with E-state index in [4.69, 9.17) is 4.74 Å². The van der Waals surface area contributed by atoms with Crippen molar-refractivity contribution in [2.24, 2.45) is 5.92 Å². The number of hydrogen-bond acceptors (Lipinski definition) is 2. The van der Waals surface area contributed by atoms with Gasteiger partial charge in [-0.15, -0.1) is 0 Å². The summed E-state index contributed by atoms with van der Waals surface area (Å²) in [7, 11) is 0. The highest BCUT2D eigenvalue weighted by Gasteiger charge is 2.34. The first kappa shape index (κ1) is 16.0. The van der Waals surface area contributed by atoms with E-state index >= 15 is 0 Å². The van der Waals surface area contributed by atoms with Crippen LogP contribution in [0.1, 0.15) is 72.6 Å². The van der Waals surface area contributed by atoms with Crippen LogP contribution in [0, 0.1) is 5.92 Å². The molecule has 1 unspecified atom stereocenters. The molecule has 1 N–H and O–H groups in total. The zero-order valence-electron chi connectivity index (χ0n) is 12.9. The van der Waals surface area contributed by atoms with Gasteiger partial charge in [0.05, 0.1) is 11.7 Å². The molecule has 0 aromatic rings. The van der Waals surface area contributed by atoms with Crippen molar-refractivity contribution in [3.05, 3.63) is 0 Å². The lowest BCUT2D eigenvalue weighted by molar-refractivity contribution is -0.110. The Bertz CT molecular complexity index is 209. The minimum Gasteiger partial charge on any atom is -0.371 e. The Balaban J connectivity index is 2.48. The van der Waals surface area contributed by atoms with Gasteiger partial charge < -0.3 is 10.1 Å². The fourth-order valence-electron chi connectivity index (χ4n) is 3.16. The van der Waals surface area contributed by atoms with Crippen LogP contribution in [0.2, 0.25) is 0 Å². The van der Waals surface area contributed by atoms with Gasteiger partial charge >= 0.3 is 0 Å². The molecule has 18 heavy (non-hydrogen) atoms. The molecule has 0 amide bonds. The zero-order valence-corrected chi connectivity index (χ0v) is 12.9. The molecule has 0 radical (unpaired) electrons. The van der Waals surface area contributed by atoms with E-state index < -0.39 is 0 Å². The highest BCUT2D eigenvalue weighted by atomic mass is 16.5. The molecule has 2 nitrogen and oxygen atoms in total. The minimum absolute atomic E-state index is 0.127. The summed E-state index contributed by atoms with van der Waals surface area (Å²) in [6.45, 7) is 11.2. The van der Waals surface area contributed by atoms with Gasteiger partial charge in [0, 0.05) is 6.54 Å². The maximum atomic E-state index is 6.47. The fourth-order valence-corrected chi connectivity index (χ4v) is 3.16.